The van der Waals surface area contributed by atoms with Crippen LogP contribution in [-0.4, -0.2) is 80.1 Å². The number of hydrogen-bond acceptors (Lipinski definition) is 8. The SMILES string of the molecule is CCOc1cc(C(=O)N2CCN(c3ccc(N4CCCC4)nn3)CC2)cc(OCC)c1OCC. The first-order valence-corrected chi connectivity index (χ1v) is 12.3. The van der Waals surface area contributed by atoms with Gasteiger partial charge in [0.15, 0.2) is 23.1 Å². The molecule has 9 nitrogen and oxygen atoms in total. The van der Waals surface area contributed by atoms with Crippen LogP contribution in [0.15, 0.2) is 24.3 Å². The van der Waals surface area contributed by atoms with E-state index in [-0.39, 0.29) is 5.91 Å². The van der Waals surface area contributed by atoms with E-state index in [0.29, 0.717) is 68.8 Å². The second-order valence-corrected chi connectivity index (χ2v) is 8.32. The van der Waals surface area contributed by atoms with Gasteiger partial charge < -0.3 is 28.9 Å². The summed E-state index contributed by atoms with van der Waals surface area (Å²) >= 11 is 0. The van der Waals surface area contributed by atoms with Gasteiger partial charge in [0.25, 0.3) is 5.91 Å². The smallest absolute Gasteiger partial charge is 0.254 e. The maximum absolute atomic E-state index is 13.3. The van der Waals surface area contributed by atoms with Gasteiger partial charge in [-0.2, -0.15) is 0 Å². The molecule has 2 saturated heterocycles. The molecule has 2 aliphatic heterocycles. The van der Waals surface area contributed by atoms with Crippen molar-refractivity contribution in [1.82, 2.24) is 15.1 Å². The third-order valence-corrected chi connectivity index (χ3v) is 6.11. The number of rotatable bonds is 9. The van der Waals surface area contributed by atoms with Crippen molar-refractivity contribution in [2.45, 2.75) is 33.6 Å². The number of anilines is 2. The van der Waals surface area contributed by atoms with E-state index in [1.807, 2.05) is 31.7 Å². The topological polar surface area (TPSA) is 80.3 Å². The molecule has 0 N–H and O–H groups in total. The normalized spacial score (nSPS) is 16.0. The summed E-state index contributed by atoms with van der Waals surface area (Å²) in [5.41, 5.74) is 0.540. The van der Waals surface area contributed by atoms with Crippen LogP contribution in [0, 0.1) is 0 Å². The maximum Gasteiger partial charge on any atom is 0.254 e. The monoisotopic (exact) mass is 469 g/mol. The Kier molecular flexibility index (Phi) is 7.92. The third-order valence-electron chi connectivity index (χ3n) is 6.11. The van der Waals surface area contributed by atoms with Gasteiger partial charge in [-0.25, -0.2) is 0 Å². The summed E-state index contributed by atoms with van der Waals surface area (Å²) < 4.78 is 17.3. The molecule has 34 heavy (non-hydrogen) atoms. The van der Waals surface area contributed by atoms with Crippen LogP contribution < -0.4 is 24.0 Å². The van der Waals surface area contributed by atoms with Gasteiger partial charge in [-0.1, -0.05) is 0 Å². The summed E-state index contributed by atoms with van der Waals surface area (Å²) in [6.07, 6.45) is 2.43. The summed E-state index contributed by atoms with van der Waals surface area (Å²) in [5, 5.41) is 8.88. The standard InChI is InChI=1S/C25H35N5O4/c1-4-32-20-17-19(18-21(33-5-2)24(20)34-6-3)25(31)30-15-13-29(14-16-30)23-10-9-22(26-27-23)28-11-7-8-12-28/h9-10,17-18H,4-8,11-16H2,1-3H3. The quantitative estimate of drug-likeness (QED) is 0.554. The number of piperazine rings is 1. The lowest BCUT2D eigenvalue weighted by molar-refractivity contribution is 0.0745. The summed E-state index contributed by atoms with van der Waals surface area (Å²) in [6, 6.07) is 7.60. The molecule has 2 aromatic rings. The Morgan fingerprint density at radius 2 is 1.26 bits per heavy atom. The highest BCUT2D eigenvalue weighted by Crippen LogP contribution is 2.39. The molecule has 0 radical (unpaired) electrons. The van der Waals surface area contributed by atoms with Crippen LogP contribution in [-0.2, 0) is 0 Å². The van der Waals surface area contributed by atoms with Crippen molar-refractivity contribution >= 4 is 17.5 Å². The zero-order chi connectivity index (χ0) is 23.9. The van der Waals surface area contributed by atoms with Gasteiger partial charge in [-0.05, 0) is 57.9 Å². The highest BCUT2D eigenvalue weighted by Gasteiger charge is 2.26. The van der Waals surface area contributed by atoms with Crippen molar-refractivity contribution in [2.24, 2.45) is 0 Å². The minimum Gasteiger partial charge on any atom is -0.490 e. The molecule has 0 aliphatic carbocycles. The predicted molar refractivity (Wildman–Crippen MR) is 132 cm³/mol. The summed E-state index contributed by atoms with van der Waals surface area (Å²) in [4.78, 5) is 19.7. The third kappa shape index (κ3) is 5.29. The average molecular weight is 470 g/mol. The molecule has 4 rings (SSSR count). The molecule has 184 valence electrons. The van der Waals surface area contributed by atoms with Crippen LogP contribution in [0.4, 0.5) is 11.6 Å². The second kappa shape index (κ2) is 11.3. The fraction of sp³-hybridized carbons (Fsp3) is 0.560. The largest absolute Gasteiger partial charge is 0.490 e. The van der Waals surface area contributed by atoms with E-state index in [0.717, 1.165) is 24.7 Å². The Balaban J connectivity index is 1.43. The van der Waals surface area contributed by atoms with E-state index in [2.05, 4.69) is 26.1 Å². The van der Waals surface area contributed by atoms with Gasteiger partial charge >= 0.3 is 0 Å². The molecular weight excluding hydrogens is 434 g/mol. The highest BCUT2D eigenvalue weighted by atomic mass is 16.5. The van der Waals surface area contributed by atoms with Gasteiger partial charge in [0.1, 0.15) is 0 Å². The van der Waals surface area contributed by atoms with Crippen LogP contribution in [0.1, 0.15) is 44.0 Å². The Labute approximate surface area is 201 Å². The molecule has 1 aromatic carbocycles. The number of nitrogens with zero attached hydrogens (tertiary/aromatic N) is 5. The van der Waals surface area contributed by atoms with Crippen LogP contribution >= 0.6 is 0 Å². The van der Waals surface area contributed by atoms with E-state index >= 15 is 0 Å². The Hall–Kier alpha value is -3.23. The van der Waals surface area contributed by atoms with E-state index in [9.17, 15) is 4.79 Å². The number of hydrogen-bond donors (Lipinski definition) is 0. The molecule has 0 saturated carbocycles. The van der Waals surface area contributed by atoms with Crippen LogP contribution in [0.3, 0.4) is 0 Å². The molecule has 9 heteroatoms. The first kappa shape index (κ1) is 23.9. The van der Waals surface area contributed by atoms with Gasteiger partial charge in [0, 0.05) is 44.8 Å². The van der Waals surface area contributed by atoms with Gasteiger partial charge in [0.05, 0.1) is 19.8 Å². The van der Waals surface area contributed by atoms with Gasteiger partial charge in [-0.3, -0.25) is 4.79 Å². The van der Waals surface area contributed by atoms with Crippen LogP contribution in [0.5, 0.6) is 17.2 Å². The van der Waals surface area contributed by atoms with Crippen molar-refractivity contribution < 1.29 is 19.0 Å². The van der Waals surface area contributed by atoms with E-state index in [4.69, 9.17) is 14.2 Å². The average Bonchev–Trinajstić information content (AvgIpc) is 3.41. The lowest BCUT2D eigenvalue weighted by atomic mass is 10.1. The number of aromatic nitrogens is 2. The zero-order valence-electron chi connectivity index (χ0n) is 20.5. The number of ether oxygens (including phenoxy) is 3. The number of amides is 1. The molecule has 0 bridgehead atoms. The van der Waals surface area contributed by atoms with E-state index in [1.54, 1.807) is 12.1 Å². The fourth-order valence-electron chi connectivity index (χ4n) is 4.44. The van der Waals surface area contributed by atoms with Crippen molar-refractivity contribution in [1.29, 1.82) is 0 Å². The number of benzene rings is 1. The maximum atomic E-state index is 13.3. The predicted octanol–water partition coefficient (Wildman–Crippen LogP) is 3.24. The van der Waals surface area contributed by atoms with Crippen molar-refractivity contribution in [3.8, 4) is 17.2 Å². The van der Waals surface area contributed by atoms with Crippen LogP contribution in [0.25, 0.3) is 0 Å². The minimum absolute atomic E-state index is 0.0416. The van der Waals surface area contributed by atoms with E-state index < -0.39 is 0 Å². The number of carbonyl (C=O) groups excluding carboxylic acids is 1. The molecule has 0 atom stereocenters. The summed E-state index contributed by atoms with van der Waals surface area (Å²) in [6.45, 7) is 11.9. The van der Waals surface area contributed by atoms with Gasteiger partial charge in [0.2, 0.25) is 5.75 Å². The van der Waals surface area contributed by atoms with Crippen LogP contribution in [0.2, 0.25) is 0 Å². The Bertz CT molecular complexity index is 927. The Morgan fingerprint density at radius 3 is 1.74 bits per heavy atom. The summed E-state index contributed by atoms with van der Waals surface area (Å²) in [7, 11) is 0. The number of carbonyl (C=O) groups is 1. The molecule has 2 fully saturated rings. The lowest BCUT2D eigenvalue weighted by Crippen LogP contribution is -2.49. The molecule has 2 aliphatic rings. The molecular formula is C25H35N5O4. The molecule has 1 aromatic heterocycles. The highest BCUT2D eigenvalue weighted by molar-refractivity contribution is 5.95. The molecule has 0 spiro atoms. The molecule has 1 amide bonds. The zero-order valence-corrected chi connectivity index (χ0v) is 20.5. The summed E-state index contributed by atoms with van der Waals surface area (Å²) in [5.74, 6) is 3.37. The molecule has 3 heterocycles. The van der Waals surface area contributed by atoms with E-state index in [1.165, 1.54) is 12.8 Å². The fourth-order valence-corrected chi connectivity index (χ4v) is 4.44. The lowest BCUT2D eigenvalue weighted by Gasteiger charge is -2.35. The van der Waals surface area contributed by atoms with Crippen molar-refractivity contribution in [3.63, 3.8) is 0 Å². The molecule has 0 unspecified atom stereocenters. The van der Waals surface area contributed by atoms with Crippen molar-refractivity contribution in [3.05, 3.63) is 29.8 Å². The first-order valence-electron chi connectivity index (χ1n) is 12.3. The van der Waals surface area contributed by atoms with Gasteiger partial charge in [-0.15, -0.1) is 10.2 Å². The second-order valence-electron chi connectivity index (χ2n) is 8.32. The Morgan fingerprint density at radius 1 is 0.765 bits per heavy atom. The first-order chi connectivity index (χ1) is 16.6. The van der Waals surface area contributed by atoms with Crippen molar-refractivity contribution in [2.75, 3.05) is 68.9 Å². The minimum atomic E-state index is -0.0416.